The number of quaternary nitrogens is 1. The number of nitrogens with zero attached hydrogens (tertiary/aromatic N) is 1. The maximum absolute atomic E-state index is 11.9. The predicted molar refractivity (Wildman–Crippen MR) is 114 cm³/mol. The van der Waals surface area contributed by atoms with Crippen LogP contribution in [0.15, 0.2) is 24.8 Å². The molecule has 0 saturated heterocycles. The first-order valence-electron chi connectivity index (χ1n) is 10.5. The van der Waals surface area contributed by atoms with E-state index in [-0.39, 0.29) is 12.3 Å². The lowest BCUT2D eigenvalue weighted by Gasteiger charge is -2.29. The average molecular weight is 398 g/mol. The van der Waals surface area contributed by atoms with Gasteiger partial charge in [-0.3, -0.25) is 4.79 Å². The van der Waals surface area contributed by atoms with Gasteiger partial charge in [-0.05, 0) is 25.7 Å². The first-order chi connectivity index (χ1) is 13.3. The summed E-state index contributed by atoms with van der Waals surface area (Å²) in [6.07, 6.45) is 8.64. The number of amides is 1. The van der Waals surface area contributed by atoms with E-state index in [9.17, 15) is 14.7 Å². The lowest BCUT2D eigenvalue weighted by atomic mass is 10.0. The van der Waals surface area contributed by atoms with Crippen LogP contribution in [-0.2, 0) is 14.3 Å². The minimum Gasteiger partial charge on any atom is -0.456 e. The van der Waals surface area contributed by atoms with E-state index in [1.165, 1.54) is 0 Å². The Morgan fingerprint density at radius 1 is 1.14 bits per heavy atom. The molecule has 0 heterocycles. The number of carbonyl (C=O) groups excluding carboxylic acids is 2. The predicted octanol–water partition coefficient (Wildman–Crippen LogP) is 2.96. The zero-order valence-corrected chi connectivity index (χ0v) is 18.3. The molecule has 0 aromatic rings. The van der Waals surface area contributed by atoms with Gasteiger partial charge in [-0.2, -0.15) is 0 Å². The van der Waals surface area contributed by atoms with E-state index in [4.69, 9.17) is 4.74 Å². The summed E-state index contributed by atoms with van der Waals surface area (Å²) < 4.78 is 6.16. The summed E-state index contributed by atoms with van der Waals surface area (Å²) in [6.45, 7) is 10.3. The summed E-state index contributed by atoms with van der Waals surface area (Å²) in [4.78, 5) is 23.4. The summed E-state index contributed by atoms with van der Waals surface area (Å²) in [6, 6.07) is 0. The van der Waals surface area contributed by atoms with E-state index in [1.54, 1.807) is 12.2 Å². The summed E-state index contributed by atoms with van der Waals surface area (Å²) in [5, 5.41) is 13.3. The van der Waals surface area contributed by atoms with Crippen molar-refractivity contribution in [1.82, 2.24) is 5.32 Å². The highest BCUT2D eigenvalue weighted by atomic mass is 16.6. The van der Waals surface area contributed by atoms with E-state index in [1.807, 2.05) is 0 Å². The van der Waals surface area contributed by atoms with Gasteiger partial charge in [0.25, 0.3) is 0 Å². The minimum atomic E-state index is -0.785. The molecule has 2 unspecified atom stereocenters. The van der Waals surface area contributed by atoms with E-state index < -0.39 is 18.2 Å². The Hall–Kier alpha value is -1.66. The Labute approximate surface area is 171 Å². The molecule has 0 rings (SSSR count). The van der Waals surface area contributed by atoms with Crippen molar-refractivity contribution in [3.8, 4) is 0 Å². The molecule has 2 atom stereocenters. The van der Waals surface area contributed by atoms with Crippen molar-refractivity contribution in [2.24, 2.45) is 0 Å². The molecule has 0 aliphatic carbocycles. The molecule has 0 fully saturated rings. The molecule has 0 radical (unpaired) electrons. The molecule has 0 bridgehead atoms. The fraction of sp³-hybridized carbons (Fsp3) is 0.727. The van der Waals surface area contributed by atoms with Crippen LogP contribution in [0.25, 0.3) is 0 Å². The largest absolute Gasteiger partial charge is 0.456 e. The van der Waals surface area contributed by atoms with Crippen LogP contribution in [0.5, 0.6) is 0 Å². The first kappa shape index (κ1) is 26.3. The van der Waals surface area contributed by atoms with Crippen LogP contribution in [0, 0.1) is 0 Å². The van der Waals surface area contributed by atoms with Gasteiger partial charge in [0.2, 0.25) is 5.91 Å². The maximum atomic E-state index is 11.9. The van der Waals surface area contributed by atoms with Crippen molar-refractivity contribution in [2.45, 2.75) is 71.0 Å². The zero-order valence-electron chi connectivity index (χ0n) is 18.3. The summed E-state index contributed by atoms with van der Waals surface area (Å²) in [5.74, 6) is -0.548. The monoisotopic (exact) mass is 397 g/mol. The van der Waals surface area contributed by atoms with Crippen LogP contribution in [0.1, 0.15) is 58.8 Å². The molecule has 162 valence electrons. The summed E-state index contributed by atoms with van der Waals surface area (Å²) in [5.41, 5.74) is 0. The van der Waals surface area contributed by atoms with Gasteiger partial charge in [0.15, 0.2) is 0 Å². The molecular formula is C22H41N2O4+. The molecule has 0 aromatic carbocycles. The topological polar surface area (TPSA) is 75.6 Å². The second-order valence-corrected chi connectivity index (χ2v) is 7.89. The number of aliphatic hydroxyl groups excluding tert-OH is 1. The number of hydrogen-bond acceptors (Lipinski definition) is 4. The Bertz CT molecular complexity index is 489. The van der Waals surface area contributed by atoms with Gasteiger partial charge in [-0.1, -0.05) is 45.4 Å². The minimum absolute atomic E-state index is 0.0279. The molecular weight excluding hydrogens is 356 g/mol. The van der Waals surface area contributed by atoms with Crippen LogP contribution in [0.4, 0.5) is 0 Å². The fourth-order valence-electron chi connectivity index (χ4n) is 2.99. The number of nitrogens with one attached hydrogen (secondary N) is 1. The SMILES string of the molecule is C=CC(=O)OC(CCCCC)C(O)CC=CCC(=O)NCC[N+](C)(C)CCC. The second kappa shape index (κ2) is 15.3. The smallest absolute Gasteiger partial charge is 0.330 e. The highest BCUT2D eigenvalue weighted by Crippen LogP contribution is 2.14. The van der Waals surface area contributed by atoms with Crippen molar-refractivity contribution < 1.29 is 23.9 Å². The second-order valence-electron chi connectivity index (χ2n) is 7.89. The van der Waals surface area contributed by atoms with Crippen molar-refractivity contribution in [3.63, 3.8) is 0 Å². The fourth-order valence-corrected chi connectivity index (χ4v) is 2.99. The number of esters is 1. The van der Waals surface area contributed by atoms with Crippen molar-refractivity contribution >= 4 is 11.9 Å². The van der Waals surface area contributed by atoms with Crippen LogP contribution >= 0.6 is 0 Å². The van der Waals surface area contributed by atoms with Crippen molar-refractivity contribution in [2.75, 3.05) is 33.7 Å². The van der Waals surface area contributed by atoms with Crippen LogP contribution < -0.4 is 5.32 Å². The molecule has 1 amide bonds. The quantitative estimate of drug-likeness (QED) is 0.138. The molecule has 0 aromatic heterocycles. The first-order valence-corrected chi connectivity index (χ1v) is 10.5. The number of hydrogen-bond donors (Lipinski definition) is 2. The third-order valence-corrected chi connectivity index (χ3v) is 4.67. The van der Waals surface area contributed by atoms with E-state index in [0.717, 1.165) is 49.3 Å². The van der Waals surface area contributed by atoms with Crippen LogP contribution in [0.3, 0.4) is 0 Å². The van der Waals surface area contributed by atoms with Gasteiger partial charge in [-0.15, -0.1) is 0 Å². The highest BCUT2D eigenvalue weighted by molar-refractivity contribution is 5.81. The molecule has 6 nitrogen and oxygen atoms in total. The molecule has 0 aliphatic heterocycles. The maximum Gasteiger partial charge on any atom is 0.330 e. The van der Waals surface area contributed by atoms with Crippen molar-refractivity contribution in [1.29, 1.82) is 0 Å². The molecule has 0 saturated carbocycles. The number of unbranched alkanes of at least 4 members (excludes halogenated alkanes) is 2. The molecule has 2 N–H and O–H groups in total. The van der Waals surface area contributed by atoms with Crippen LogP contribution in [0.2, 0.25) is 0 Å². The van der Waals surface area contributed by atoms with Gasteiger partial charge in [0.05, 0.1) is 39.8 Å². The number of carbonyl (C=O) groups is 2. The van der Waals surface area contributed by atoms with Crippen molar-refractivity contribution in [3.05, 3.63) is 24.8 Å². The van der Waals surface area contributed by atoms with E-state index >= 15 is 0 Å². The lowest BCUT2D eigenvalue weighted by molar-refractivity contribution is -0.889. The standard InChI is InChI=1S/C22H40N2O4/c1-6-9-10-14-20(28-22(27)8-3)19(25)13-11-12-15-21(26)23-16-18-24(4,5)17-7-2/h8,11-12,19-20,25H,3,6-7,9-10,13-18H2,1-2,4-5H3/p+1. The van der Waals surface area contributed by atoms with E-state index in [2.05, 4.69) is 39.8 Å². The van der Waals surface area contributed by atoms with Gasteiger partial charge < -0.3 is 19.6 Å². The summed E-state index contributed by atoms with van der Waals surface area (Å²) in [7, 11) is 4.32. The molecule has 28 heavy (non-hydrogen) atoms. The zero-order chi connectivity index (χ0) is 21.4. The van der Waals surface area contributed by atoms with Crippen LogP contribution in [-0.4, -0.2) is 67.4 Å². The van der Waals surface area contributed by atoms with Gasteiger partial charge in [0, 0.05) is 12.5 Å². The van der Waals surface area contributed by atoms with Gasteiger partial charge >= 0.3 is 5.97 Å². The highest BCUT2D eigenvalue weighted by Gasteiger charge is 2.21. The Kier molecular flexibility index (Phi) is 14.4. The normalized spacial score (nSPS) is 13.9. The molecule has 6 heteroatoms. The average Bonchev–Trinajstić information content (AvgIpc) is 2.63. The Morgan fingerprint density at radius 3 is 2.46 bits per heavy atom. The molecule has 0 spiro atoms. The lowest BCUT2D eigenvalue weighted by Crippen LogP contribution is -2.45. The number of likely N-dealkylation sites (N-methyl/N-ethyl adjacent to an activating group) is 1. The number of ether oxygens (including phenoxy) is 1. The Balaban J connectivity index is 4.27. The third-order valence-electron chi connectivity index (χ3n) is 4.67. The van der Waals surface area contributed by atoms with Gasteiger partial charge in [0.1, 0.15) is 6.10 Å². The molecule has 0 aliphatic rings. The number of aliphatic hydroxyl groups is 1. The Morgan fingerprint density at radius 2 is 1.86 bits per heavy atom. The van der Waals surface area contributed by atoms with Gasteiger partial charge in [-0.25, -0.2) is 4.79 Å². The summed E-state index contributed by atoms with van der Waals surface area (Å²) >= 11 is 0. The third kappa shape index (κ3) is 13.5. The number of rotatable bonds is 16. The van der Waals surface area contributed by atoms with E-state index in [0.29, 0.717) is 19.4 Å².